The fourth-order valence-electron chi connectivity index (χ4n) is 2.63. The van der Waals surface area contributed by atoms with Gasteiger partial charge in [-0.25, -0.2) is 0 Å². The molecular formula is C20H17N3O6S. The van der Waals surface area contributed by atoms with Crippen LogP contribution in [0.1, 0.15) is 12.5 Å². The minimum atomic E-state index is -0.592. The number of carbonyl (C=O) groups is 3. The van der Waals surface area contributed by atoms with Crippen molar-refractivity contribution in [1.29, 1.82) is 0 Å². The second-order valence-corrected chi connectivity index (χ2v) is 7.12. The van der Waals surface area contributed by atoms with Gasteiger partial charge in [-0.05, 0) is 66.7 Å². The average molecular weight is 427 g/mol. The Bertz CT molecular complexity index is 1020. The first-order valence-electron chi connectivity index (χ1n) is 8.90. The van der Waals surface area contributed by atoms with Crippen LogP contribution in [-0.2, 0) is 9.59 Å². The summed E-state index contributed by atoms with van der Waals surface area (Å²) in [6, 6.07) is 12.3. The number of thioether (sulfide) groups is 1. The van der Waals surface area contributed by atoms with Crippen molar-refractivity contribution in [3.63, 3.8) is 0 Å². The standard InChI is InChI=1S/C20H17N3O6S/c1-2-29-16-9-5-14(6-10-16)21-18(24)12-22-19(25)17(30-20(22)26)11-13-3-7-15(8-4-13)23(27)28/h3-11H,2,12H2,1H3,(H,21,24)/b17-11-. The van der Waals surface area contributed by atoms with Crippen LogP contribution >= 0.6 is 11.8 Å². The van der Waals surface area contributed by atoms with Crippen LogP contribution in [0.5, 0.6) is 5.75 Å². The van der Waals surface area contributed by atoms with Crippen molar-refractivity contribution in [3.8, 4) is 5.75 Å². The second kappa shape index (κ2) is 9.23. The summed E-state index contributed by atoms with van der Waals surface area (Å²) < 4.78 is 5.33. The van der Waals surface area contributed by atoms with Crippen molar-refractivity contribution >= 4 is 46.3 Å². The zero-order valence-electron chi connectivity index (χ0n) is 15.9. The molecule has 10 heteroatoms. The third-order valence-electron chi connectivity index (χ3n) is 4.03. The number of carbonyl (C=O) groups excluding carboxylic acids is 3. The highest BCUT2D eigenvalue weighted by molar-refractivity contribution is 8.18. The maximum Gasteiger partial charge on any atom is 0.294 e. The highest BCUT2D eigenvalue weighted by Crippen LogP contribution is 2.32. The number of amides is 3. The molecule has 154 valence electrons. The van der Waals surface area contributed by atoms with Crippen molar-refractivity contribution in [1.82, 2.24) is 4.90 Å². The van der Waals surface area contributed by atoms with Gasteiger partial charge in [-0.15, -0.1) is 0 Å². The van der Waals surface area contributed by atoms with Crippen molar-refractivity contribution < 1.29 is 24.0 Å². The number of nitro benzene ring substituents is 1. The summed E-state index contributed by atoms with van der Waals surface area (Å²) in [5, 5.41) is 12.8. The van der Waals surface area contributed by atoms with Gasteiger partial charge in [0.15, 0.2) is 0 Å². The molecule has 0 radical (unpaired) electrons. The van der Waals surface area contributed by atoms with E-state index >= 15 is 0 Å². The van der Waals surface area contributed by atoms with Crippen molar-refractivity contribution in [3.05, 3.63) is 69.1 Å². The minimum absolute atomic E-state index is 0.0776. The lowest BCUT2D eigenvalue weighted by molar-refractivity contribution is -0.384. The molecule has 2 aromatic rings. The molecule has 1 aliphatic heterocycles. The van der Waals surface area contributed by atoms with E-state index in [-0.39, 0.29) is 10.6 Å². The van der Waals surface area contributed by atoms with Gasteiger partial charge in [-0.3, -0.25) is 29.4 Å². The van der Waals surface area contributed by atoms with Crippen LogP contribution in [0.25, 0.3) is 6.08 Å². The molecule has 2 aromatic carbocycles. The molecular weight excluding hydrogens is 410 g/mol. The van der Waals surface area contributed by atoms with Crippen LogP contribution in [0.4, 0.5) is 16.2 Å². The topological polar surface area (TPSA) is 119 Å². The van der Waals surface area contributed by atoms with Crippen LogP contribution in [0.15, 0.2) is 53.4 Å². The number of imide groups is 1. The zero-order chi connectivity index (χ0) is 21.7. The van der Waals surface area contributed by atoms with Crippen LogP contribution in [0, 0.1) is 10.1 Å². The SMILES string of the molecule is CCOc1ccc(NC(=O)CN2C(=O)S/C(=C\c3ccc([N+](=O)[O-])cc3)C2=O)cc1. The number of hydrogen-bond acceptors (Lipinski definition) is 7. The maximum atomic E-state index is 12.5. The number of rotatable bonds is 7. The molecule has 0 aromatic heterocycles. The largest absolute Gasteiger partial charge is 0.494 e. The van der Waals surface area contributed by atoms with E-state index < -0.39 is 28.5 Å². The summed E-state index contributed by atoms with van der Waals surface area (Å²) in [7, 11) is 0. The summed E-state index contributed by atoms with van der Waals surface area (Å²) >= 11 is 0.711. The maximum absolute atomic E-state index is 12.5. The highest BCUT2D eigenvalue weighted by atomic mass is 32.2. The molecule has 3 amide bonds. The van der Waals surface area contributed by atoms with Gasteiger partial charge in [0.25, 0.3) is 16.8 Å². The summed E-state index contributed by atoms with van der Waals surface area (Å²) in [5.74, 6) is -0.443. The smallest absolute Gasteiger partial charge is 0.294 e. The Morgan fingerprint density at radius 3 is 2.43 bits per heavy atom. The number of non-ortho nitro benzene ring substituents is 1. The van der Waals surface area contributed by atoms with Crippen molar-refractivity contribution in [2.24, 2.45) is 0 Å². The van der Waals surface area contributed by atoms with Gasteiger partial charge in [0.1, 0.15) is 12.3 Å². The van der Waals surface area contributed by atoms with Crippen LogP contribution < -0.4 is 10.1 Å². The van der Waals surface area contributed by atoms with Crippen molar-refractivity contribution in [2.45, 2.75) is 6.92 Å². The molecule has 0 bridgehead atoms. The number of anilines is 1. The normalized spacial score (nSPS) is 14.8. The predicted octanol–water partition coefficient (Wildman–Crippen LogP) is 3.67. The van der Waals surface area contributed by atoms with Gasteiger partial charge in [-0.2, -0.15) is 0 Å². The highest BCUT2D eigenvalue weighted by Gasteiger charge is 2.36. The fourth-order valence-corrected chi connectivity index (χ4v) is 3.46. The Morgan fingerprint density at radius 1 is 1.17 bits per heavy atom. The first kappa shape index (κ1) is 21.1. The average Bonchev–Trinajstić information content (AvgIpc) is 2.97. The summed E-state index contributed by atoms with van der Waals surface area (Å²) in [6.07, 6.45) is 1.46. The monoisotopic (exact) mass is 427 g/mol. The van der Waals surface area contributed by atoms with Crippen LogP contribution in [0.3, 0.4) is 0 Å². The van der Waals surface area contributed by atoms with E-state index in [9.17, 15) is 24.5 Å². The number of benzene rings is 2. The first-order chi connectivity index (χ1) is 14.4. The molecule has 0 atom stereocenters. The molecule has 1 saturated heterocycles. The first-order valence-corrected chi connectivity index (χ1v) is 9.71. The lowest BCUT2D eigenvalue weighted by Gasteiger charge is -2.12. The Balaban J connectivity index is 1.64. The summed E-state index contributed by atoms with van der Waals surface area (Å²) in [4.78, 5) is 48.1. The molecule has 3 rings (SSSR count). The molecule has 1 aliphatic rings. The van der Waals surface area contributed by atoms with E-state index in [2.05, 4.69) is 5.32 Å². The molecule has 0 unspecified atom stereocenters. The molecule has 0 aliphatic carbocycles. The quantitative estimate of drug-likeness (QED) is 0.407. The minimum Gasteiger partial charge on any atom is -0.494 e. The lowest BCUT2D eigenvalue weighted by atomic mass is 10.2. The number of ether oxygens (including phenoxy) is 1. The molecule has 1 N–H and O–H groups in total. The zero-order valence-corrected chi connectivity index (χ0v) is 16.7. The molecule has 0 spiro atoms. The van der Waals surface area contributed by atoms with Crippen LogP contribution in [0.2, 0.25) is 0 Å². The van der Waals surface area contributed by atoms with Gasteiger partial charge >= 0.3 is 0 Å². The van der Waals surface area contributed by atoms with Gasteiger partial charge < -0.3 is 10.1 Å². The summed E-state index contributed by atoms with van der Waals surface area (Å²) in [5.41, 5.74) is 0.966. The molecule has 1 fully saturated rings. The van der Waals surface area contributed by atoms with E-state index in [0.717, 1.165) is 4.90 Å². The third kappa shape index (κ3) is 5.03. The van der Waals surface area contributed by atoms with E-state index in [4.69, 9.17) is 4.74 Å². The number of hydrogen-bond donors (Lipinski definition) is 1. The van der Waals surface area contributed by atoms with Gasteiger partial charge in [0.05, 0.1) is 16.4 Å². The van der Waals surface area contributed by atoms with E-state index in [1.54, 1.807) is 24.3 Å². The number of nitrogens with zero attached hydrogens (tertiary/aromatic N) is 2. The van der Waals surface area contributed by atoms with Crippen LogP contribution in [-0.4, -0.2) is 40.0 Å². The van der Waals surface area contributed by atoms with Crippen molar-refractivity contribution in [2.75, 3.05) is 18.5 Å². The van der Waals surface area contributed by atoms with Gasteiger partial charge in [0.2, 0.25) is 5.91 Å². The Morgan fingerprint density at radius 2 is 1.83 bits per heavy atom. The Hall–Kier alpha value is -3.66. The molecule has 30 heavy (non-hydrogen) atoms. The van der Waals surface area contributed by atoms with E-state index in [0.29, 0.717) is 35.4 Å². The Labute approximate surface area is 175 Å². The van der Waals surface area contributed by atoms with Gasteiger partial charge in [-0.1, -0.05) is 0 Å². The Kier molecular flexibility index (Phi) is 6.48. The van der Waals surface area contributed by atoms with E-state index in [1.165, 1.54) is 30.3 Å². The summed E-state index contributed by atoms with van der Waals surface area (Å²) in [6.45, 7) is 1.97. The predicted molar refractivity (Wildman–Crippen MR) is 112 cm³/mol. The molecule has 1 heterocycles. The number of nitro groups is 1. The van der Waals surface area contributed by atoms with Gasteiger partial charge in [0, 0.05) is 17.8 Å². The second-order valence-electron chi connectivity index (χ2n) is 6.12. The molecule has 0 saturated carbocycles. The number of nitrogens with one attached hydrogen (secondary N) is 1. The fraction of sp³-hybridized carbons (Fsp3) is 0.150. The lowest BCUT2D eigenvalue weighted by Crippen LogP contribution is -2.36. The third-order valence-corrected chi connectivity index (χ3v) is 4.93. The van der Waals surface area contributed by atoms with E-state index in [1.807, 2.05) is 6.92 Å². The molecule has 9 nitrogen and oxygen atoms in total.